The van der Waals surface area contributed by atoms with Crippen molar-refractivity contribution in [2.24, 2.45) is 5.92 Å². The van der Waals surface area contributed by atoms with Crippen molar-refractivity contribution in [2.75, 3.05) is 11.9 Å². The first-order valence-electron chi connectivity index (χ1n) is 5.16. The summed E-state index contributed by atoms with van der Waals surface area (Å²) in [5.41, 5.74) is 0.878. The van der Waals surface area contributed by atoms with Gasteiger partial charge in [0.1, 0.15) is 5.82 Å². The Bertz CT molecular complexity index is 352. The first-order valence-corrected chi connectivity index (χ1v) is 5.53. The highest BCUT2D eigenvalue weighted by Gasteiger charge is 2.16. The monoisotopic (exact) mass is 223 g/mol. The molecule has 15 heavy (non-hydrogen) atoms. The summed E-state index contributed by atoms with van der Waals surface area (Å²) in [4.78, 5) is 8.07. The largest absolute Gasteiger partial charge is 0.366 e. The average molecular weight is 224 g/mol. The molecule has 0 atom stereocenters. The second-order valence-electron chi connectivity index (χ2n) is 3.81. The van der Waals surface area contributed by atoms with Gasteiger partial charge in [-0.2, -0.15) is 0 Å². The van der Waals surface area contributed by atoms with Crippen LogP contribution in [0, 0.1) is 12.8 Å². The summed E-state index contributed by atoms with van der Waals surface area (Å²) in [6.45, 7) is 2.70. The molecule has 1 aliphatic rings. The fourth-order valence-electron chi connectivity index (χ4n) is 1.34. The molecule has 1 aromatic heterocycles. The van der Waals surface area contributed by atoms with Crippen LogP contribution in [-0.2, 0) is 0 Å². The molecule has 1 N–H and O–H groups in total. The summed E-state index contributed by atoms with van der Waals surface area (Å²) >= 11 is 5.74. The normalized spacial score (nSPS) is 15.9. The van der Waals surface area contributed by atoms with E-state index in [0.29, 0.717) is 5.28 Å². The first-order chi connectivity index (χ1) is 7.24. The standard InChI is InChI=1S/C11H14ClN3/c1-8-7-10(15-11(12)14-8)13-6-2-3-9-4-5-9/h2-3,7,9H,4-6H2,1H3,(H,13,14,15)/b3-2+. The van der Waals surface area contributed by atoms with Gasteiger partial charge in [0.15, 0.2) is 0 Å². The zero-order valence-corrected chi connectivity index (χ0v) is 9.46. The summed E-state index contributed by atoms with van der Waals surface area (Å²) in [6.07, 6.45) is 7.08. The van der Waals surface area contributed by atoms with Crippen molar-refractivity contribution in [3.05, 3.63) is 29.2 Å². The zero-order chi connectivity index (χ0) is 10.7. The van der Waals surface area contributed by atoms with Gasteiger partial charge >= 0.3 is 0 Å². The number of aromatic nitrogens is 2. The molecule has 0 aromatic carbocycles. The van der Waals surface area contributed by atoms with E-state index in [9.17, 15) is 0 Å². The zero-order valence-electron chi connectivity index (χ0n) is 8.70. The van der Waals surface area contributed by atoms with Crippen molar-refractivity contribution in [2.45, 2.75) is 19.8 Å². The maximum Gasteiger partial charge on any atom is 0.224 e. The lowest BCUT2D eigenvalue weighted by Gasteiger charge is -2.03. The summed E-state index contributed by atoms with van der Waals surface area (Å²) in [5.74, 6) is 1.61. The Balaban J connectivity index is 1.86. The molecule has 0 saturated heterocycles. The summed E-state index contributed by atoms with van der Waals surface area (Å²) < 4.78 is 0. The highest BCUT2D eigenvalue weighted by atomic mass is 35.5. The Morgan fingerprint density at radius 2 is 2.33 bits per heavy atom. The van der Waals surface area contributed by atoms with Crippen LogP contribution in [0.25, 0.3) is 0 Å². The maximum absolute atomic E-state index is 5.74. The van der Waals surface area contributed by atoms with E-state index in [1.54, 1.807) is 0 Å². The minimum Gasteiger partial charge on any atom is -0.366 e. The third-order valence-electron chi connectivity index (χ3n) is 2.26. The van der Waals surface area contributed by atoms with Gasteiger partial charge in [0.25, 0.3) is 0 Å². The summed E-state index contributed by atoms with van der Waals surface area (Å²) in [6, 6.07) is 1.89. The molecule has 80 valence electrons. The molecule has 0 spiro atoms. The Morgan fingerprint density at radius 1 is 1.53 bits per heavy atom. The van der Waals surface area contributed by atoms with Crippen LogP contribution in [0.2, 0.25) is 5.28 Å². The second-order valence-corrected chi connectivity index (χ2v) is 4.15. The van der Waals surface area contributed by atoms with Gasteiger partial charge in [0, 0.05) is 18.3 Å². The van der Waals surface area contributed by atoms with Gasteiger partial charge in [-0.1, -0.05) is 12.2 Å². The Morgan fingerprint density at radius 3 is 3.00 bits per heavy atom. The van der Waals surface area contributed by atoms with Crippen molar-refractivity contribution < 1.29 is 0 Å². The molecule has 0 unspecified atom stereocenters. The SMILES string of the molecule is Cc1cc(NC/C=C/C2CC2)nc(Cl)n1. The van der Waals surface area contributed by atoms with Crippen LogP contribution < -0.4 is 5.32 Å². The van der Waals surface area contributed by atoms with E-state index in [2.05, 4.69) is 27.4 Å². The number of allylic oxidation sites excluding steroid dienone is 1. The van der Waals surface area contributed by atoms with E-state index in [4.69, 9.17) is 11.6 Å². The molecule has 0 radical (unpaired) electrons. The lowest BCUT2D eigenvalue weighted by Crippen LogP contribution is -2.02. The third-order valence-corrected chi connectivity index (χ3v) is 2.43. The number of nitrogens with zero attached hydrogens (tertiary/aromatic N) is 2. The van der Waals surface area contributed by atoms with Crippen molar-refractivity contribution >= 4 is 17.4 Å². The van der Waals surface area contributed by atoms with Gasteiger partial charge in [-0.3, -0.25) is 0 Å². The Kier molecular flexibility index (Phi) is 3.21. The molecule has 4 heteroatoms. The predicted molar refractivity (Wildman–Crippen MR) is 62.1 cm³/mol. The molecule has 3 nitrogen and oxygen atoms in total. The highest BCUT2D eigenvalue weighted by Crippen LogP contribution is 2.29. The van der Waals surface area contributed by atoms with Gasteiger partial charge < -0.3 is 5.32 Å². The Labute approximate surface area is 94.6 Å². The van der Waals surface area contributed by atoms with E-state index >= 15 is 0 Å². The second kappa shape index (κ2) is 4.62. The van der Waals surface area contributed by atoms with Crippen LogP contribution in [0.4, 0.5) is 5.82 Å². The van der Waals surface area contributed by atoms with Crippen LogP contribution in [0.3, 0.4) is 0 Å². The first kappa shape index (κ1) is 10.4. The fourth-order valence-corrected chi connectivity index (χ4v) is 1.56. The molecule has 1 aliphatic carbocycles. The lowest BCUT2D eigenvalue weighted by atomic mass is 10.3. The molecule has 2 rings (SSSR count). The van der Waals surface area contributed by atoms with Crippen molar-refractivity contribution in [1.82, 2.24) is 9.97 Å². The molecule has 1 saturated carbocycles. The average Bonchev–Trinajstić information content (AvgIpc) is 2.94. The number of anilines is 1. The molecular weight excluding hydrogens is 210 g/mol. The van der Waals surface area contributed by atoms with E-state index in [1.807, 2.05) is 13.0 Å². The molecule has 1 fully saturated rings. The maximum atomic E-state index is 5.74. The predicted octanol–water partition coefficient (Wildman–Crippen LogP) is 2.82. The van der Waals surface area contributed by atoms with Crippen molar-refractivity contribution in [1.29, 1.82) is 0 Å². The molecular formula is C11H14ClN3. The number of hydrogen-bond acceptors (Lipinski definition) is 3. The van der Waals surface area contributed by atoms with E-state index in [0.717, 1.165) is 24.0 Å². The smallest absolute Gasteiger partial charge is 0.224 e. The minimum absolute atomic E-state index is 0.295. The quantitative estimate of drug-likeness (QED) is 0.630. The fraction of sp³-hybridized carbons (Fsp3) is 0.455. The van der Waals surface area contributed by atoms with Crippen LogP contribution >= 0.6 is 11.6 Å². The molecule has 0 amide bonds. The summed E-state index contributed by atoms with van der Waals surface area (Å²) in [7, 11) is 0. The van der Waals surface area contributed by atoms with Crippen molar-refractivity contribution in [3.8, 4) is 0 Å². The molecule has 1 aromatic rings. The highest BCUT2D eigenvalue weighted by molar-refractivity contribution is 6.28. The van der Waals surface area contributed by atoms with Gasteiger partial charge in [-0.15, -0.1) is 0 Å². The van der Waals surface area contributed by atoms with Gasteiger partial charge in [-0.25, -0.2) is 9.97 Å². The van der Waals surface area contributed by atoms with E-state index < -0.39 is 0 Å². The van der Waals surface area contributed by atoms with Gasteiger partial charge in [-0.05, 0) is 37.3 Å². The van der Waals surface area contributed by atoms with Crippen LogP contribution in [0.5, 0.6) is 0 Å². The van der Waals surface area contributed by atoms with Crippen LogP contribution in [0.1, 0.15) is 18.5 Å². The molecule has 0 aliphatic heterocycles. The lowest BCUT2D eigenvalue weighted by molar-refractivity contribution is 1.08. The van der Waals surface area contributed by atoms with Gasteiger partial charge in [0.2, 0.25) is 5.28 Å². The number of halogens is 1. The number of rotatable bonds is 4. The molecule has 1 heterocycles. The number of aryl methyl sites for hydroxylation is 1. The minimum atomic E-state index is 0.295. The number of hydrogen-bond donors (Lipinski definition) is 1. The molecule has 0 bridgehead atoms. The van der Waals surface area contributed by atoms with E-state index in [-0.39, 0.29) is 0 Å². The van der Waals surface area contributed by atoms with Crippen LogP contribution in [0.15, 0.2) is 18.2 Å². The Hall–Kier alpha value is -1.09. The van der Waals surface area contributed by atoms with E-state index in [1.165, 1.54) is 12.8 Å². The van der Waals surface area contributed by atoms with Crippen LogP contribution in [-0.4, -0.2) is 16.5 Å². The topological polar surface area (TPSA) is 37.8 Å². The van der Waals surface area contributed by atoms with Gasteiger partial charge in [0.05, 0.1) is 0 Å². The number of nitrogens with one attached hydrogen (secondary N) is 1. The summed E-state index contributed by atoms with van der Waals surface area (Å²) in [5, 5.41) is 3.48. The van der Waals surface area contributed by atoms with Crippen molar-refractivity contribution in [3.63, 3.8) is 0 Å². The third kappa shape index (κ3) is 3.51.